The Labute approximate surface area is 115 Å². The molecule has 1 rings (SSSR count). The van der Waals surface area contributed by atoms with E-state index in [1.165, 1.54) is 0 Å². The largest absolute Gasteiger partial charge is 0.465 e. The van der Waals surface area contributed by atoms with Gasteiger partial charge in [-0.25, -0.2) is 0 Å². The van der Waals surface area contributed by atoms with Gasteiger partial charge in [-0.2, -0.15) is 0 Å². The van der Waals surface area contributed by atoms with Gasteiger partial charge < -0.3 is 13.9 Å². The number of hydrogen-bond acceptors (Lipinski definition) is 5. The Morgan fingerprint density at radius 2 is 1.58 bits per heavy atom. The van der Waals surface area contributed by atoms with Gasteiger partial charge >= 0.3 is 11.9 Å². The minimum atomic E-state index is -1.83. The van der Waals surface area contributed by atoms with Crippen LogP contribution in [0.1, 0.15) is 26.7 Å². The maximum atomic E-state index is 12.2. The first kappa shape index (κ1) is 16.2. The van der Waals surface area contributed by atoms with Crippen molar-refractivity contribution in [2.75, 3.05) is 13.2 Å². The van der Waals surface area contributed by atoms with Crippen LogP contribution in [0.5, 0.6) is 0 Å². The highest BCUT2D eigenvalue weighted by molar-refractivity contribution is 6.69. The second-order valence-corrected chi connectivity index (χ2v) is 10.1. The molecule has 110 valence electrons. The van der Waals surface area contributed by atoms with E-state index in [0.29, 0.717) is 12.8 Å². The van der Waals surface area contributed by atoms with Crippen LogP contribution >= 0.6 is 0 Å². The van der Waals surface area contributed by atoms with Crippen LogP contribution < -0.4 is 0 Å². The van der Waals surface area contributed by atoms with Gasteiger partial charge in [0.2, 0.25) is 0 Å². The van der Waals surface area contributed by atoms with Gasteiger partial charge in [-0.1, -0.05) is 0 Å². The number of rotatable bonds is 6. The molecule has 0 heterocycles. The lowest BCUT2D eigenvalue weighted by Gasteiger charge is -2.46. The topological polar surface area (TPSA) is 61.8 Å². The Bertz CT molecular complexity index is 329. The van der Waals surface area contributed by atoms with Crippen molar-refractivity contribution in [2.24, 2.45) is 5.41 Å². The molecular weight excluding hydrogens is 264 g/mol. The number of carbonyl (C=O) groups is 2. The van der Waals surface area contributed by atoms with E-state index in [-0.39, 0.29) is 13.2 Å². The maximum Gasteiger partial charge on any atom is 0.326 e. The molecule has 0 aromatic rings. The van der Waals surface area contributed by atoms with Crippen LogP contribution in [-0.2, 0) is 23.5 Å². The molecule has 0 N–H and O–H groups in total. The highest BCUT2D eigenvalue weighted by atomic mass is 28.4. The van der Waals surface area contributed by atoms with Gasteiger partial charge in [0.25, 0.3) is 0 Å². The van der Waals surface area contributed by atoms with E-state index in [1.807, 2.05) is 19.6 Å². The molecule has 0 saturated heterocycles. The van der Waals surface area contributed by atoms with Crippen LogP contribution in [0.4, 0.5) is 0 Å². The molecule has 0 aromatic heterocycles. The first-order valence-corrected chi connectivity index (χ1v) is 10.2. The number of ether oxygens (including phenoxy) is 2. The second kappa shape index (κ2) is 6.05. The molecule has 0 radical (unpaired) electrons. The highest BCUT2D eigenvalue weighted by Gasteiger charge is 2.62. The van der Waals surface area contributed by atoms with Crippen LogP contribution in [0.25, 0.3) is 0 Å². The normalized spacial score (nSPS) is 21.4. The van der Waals surface area contributed by atoms with Crippen molar-refractivity contribution < 1.29 is 23.5 Å². The van der Waals surface area contributed by atoms with Gasteiger partial charge in [-0.05, 0) is 46.3 Å². The fourth-order valence-corrected chi connectivity index (χ4v) is 3.38. The number of hydrogen-bond donors (Lipinski definition) is 0. The van der Waals surface area contributed by atoms with Crippen molar-refractivity contribution in [2.45, 2.75) is 52.4 Å². The maximum absolute atomic E-state index is 12.2. The van der Waals surface area contributed by atoms with E-state index in [1.54, 1.807) is 13.8 Å². The van der Waals surface area contributed by atoms with Gasteiger partial charge in [0.05, 0.1) is 19.3 Å². The van der Waals surface area contributed by atoms with Crippen molar-refractivity contribution in [1.29, 1.82) is 0 Å². The van der Waals surface area contributed by atoms with Crippen molar-refractivity contribution in [3.8, 4) is 0 Å². The van der Waals surface area contributed by atoms with Crippen LogP contribution in [0, 0.1) is 5.41 Å². The summed E-state index contributed by atoms with van der Waals surface area (Å²) in [5.74, 6) is -1.02. The molecule has 6 heteroatoms. The van der Waals surface area contributed by atoms with E-state index in [4.69, 9.17) is 13.9 Å². The molecule has 1 atom stereocenters. The van der Waals surface area contributed by atoms with E-state index < -0.39 is 31.8 Å². The molecule has 5 nitrogen and oxygen atoms in total. The van der Waals surface area contributed by atoms with E-state index in [0.717, 1.165) is 0 Å². The Kier molecular flexibility index (Phi) is 5.15. The molecule has 1 aliphatic carbocycles. The molecule has 0 aliphatic heterocycles. The smallest absolute Gasteiger partial charge is 0.326 e. The summed E-state index contributed by atoms with van der Waals surface area (Å²) >= 11 is 0. The van der Waals surface area contributed by atoms with Crippen LogP contribution in [0.2, 0.25) is 19.6 Å². The van der Waals surface area contributed by atoms with E-state index >= 15 is 0 Å². The molecule has 1 fully saturated rings. The summed E-state index contributed by atoms with van der Waals surface area (Å²) in [4.78, 5) is 24.3. The van der Waals surface area contributed by atoms with E-state index in [2.05, 4.69) is 0 Å². The van der Waals surface area contributed by atoms with Gasteiger partial charge in [0, 0.05) is 0 Å². The predicted octanol–water partition coefficient (Wildman–Crippen LogP) is 2.11. The third kappa shape index (κ3) is 3.36. The average molecular weight is 288 g/mol. The Morgan fingerprint density at radius 1 is 1.11 bits per heavy atom. The summed E-state index contributed by atoms with van der Waals surface area (Å²) in [5.41, 5.74) is -1.24. The Hall–Kier alpha value is -0.883. The third-order valence-corrected chi connectivity index (χ3v) is 4.12. The SMILES string of the molecule is CCOC(=O)C1(C(=O)OCC)CCC1O[Si](C)(C)C. The lowest BCUT2D eigenvalue weighted by molar-refractivity contribution is -0.192. The number of esters is 2. The number of carbonyl (C=O) groups excluding carboxylic acids is 2. The Balaban J connectivity index is 2.93. The zero-order valence-corrected chi connectivity index (χ0v) is 13.4. The lowest BCUT2D eigenvalue weighted by Crippen LogP contribution is -2.60. The monoisotopic (exact) mass is 288 g/mol. The third-order valence-electron chi connectivity index (χ3n) is 3.13. The predicted molar refractivity (Wildman–Crippen MR) is 73.2 cm³/mol. The highest BCUT2D eigenvalue weighted by Crippen LogP contribution is 2.46. The molecule has 1 unspecified atom stereocenters. The van der Waals surface area contributed by atoms with E-state index in [9.17, 15) is 9.59 Å². The molecule has 1 saturated carbocycles. The van der Waals surface area contributed by atoms with Crippen molar-refractivity contribution in [1.82, 2.24) is 0 Å². The summed E-state index contributed by atoms with van der Waals surface area (Å²) in [6, 6.07) is 0. The van der Waals surface area contributed by atoms with Crippen LogP contribution in [0.3, 0.4) is 0 Å². The zero-order chi connectivity index (χ0) is 14.7. The standard InChI is InChI=1S/C13H24O5Si/c1-6-16-11(14)13(12(15)17-7-2)9-8-10(13)18-19(3,4)5/h10H,6-9H2,1-5H3. The first-order chi connectivity index (χ1) is 8.78. The zero-order valence-electron chi connectivity index (χ0n) is 12.4. The van der Waals surface area contributed by atoms with Gasteiger partial charge in [-0.15, -0.1) is 0 Å². The van der Waals surface area contributed by atoms with Crippen LogP contribution in [-0.4, -0.2) is 39.6 Å². The molecule has 0 spiro atoms. The van der Waals surface area contributed by atoms with Crippen molar-refractivity contribution in [3.05, 3.63) is 0 Å². The van der Waals surface area contributed by atoms with Gasteiger partial charge in [-0.3, -0.25) is 9.59 Å². The molecular formula is C13H24O5Si. The van der Waals surface area contributed by atoms with Crippen LogP contribution in [0.15, 0.2) is 0 Å². The molecule has 1 aliphatic rings. The second-order valence-electron chi connectivity index (χ2n) is 5.67. The summed E-state index contributed by atoms with van der Waals surface area (Å²) in [7, 11) is -1.83. The summed E-state index contributed by atoms with van der Waals surface area (Å²) in [6.07, 6.45) is 0.735. The molecule has 19 heavy (non-hydrogen) atoms. The van der Waals surface area contributed by atoms with Gasteiger partial charge in [0.1, 0.15) is 0 Å². The van der Waals surface area contributed by atoms with Crippen molar-refractivity contribution >= 4 is 20.3 Å². The minimum Gasteiger partial charge on any atom is -0.465 e. The van der Waals surface area contributed by atoms with Crippen molar-refractivity contribution in [3.63, 3.8) is 0 Å². The fourth-order valence-electron chi connectivity index (χ4n) is 2.21. The molecule has 0 aromatic carbocycles. The summed E-state index contributed by atoms with van der Waals surface area (Å²) < 4.78 is 16.1. The first-order valence-electron chi connectivity index (χ1n) is 6.80. The molecule has 0 amide bonds. The quantitative estimate of drug-likeness (QED) is 0.425. The fraction of sp³-hybridized carbons (Fsp3) is 0.846. The Morgan fingerprint density at radius 3 is 1.84 bits per heavy atom. The summed E-state index contributed by atoms with van der Waals surface area (Å²) in [6.45, 7) is 10.1. The summed E-state index contributed by atoms with van der Waals surface area (Å²) in [5, 5.41) is 0. The lowest BCUT2D eigenvalue weighted by atomic mass is 9.66. The average Bonchev–Trinajstić information content (AvgIpc) is 2.25. The van der Waals surface area contributed by atoms with Gasteiger partial charge in [0.15, 0.2) is 13.7 Å². The minimum absolute atomic E-state index is 0.250. The molecule has 0 bridgehead atoms.